The quantitative estimate of drug-likeness (QED) is 0.894. The highest BCUT2D eigenvalue weighted by atomic mass is 16.2. The van der Waals surface area contributed by atoms with Crippen molar-refractivity contribution in [1.82, 2.24) is 4.90 Å². The predicted molar refractivity (Wildman–Crippen MR) is 104 cm³/mol. The van der Waals surface area contributed by atoms with Crippen LogP contribution in [0.15, 0.2) is 54.6 Å². The predicted octanol–water partition coefficient (Wildman–Crippen LogP) is 4.30. The molecule has 0 unspecified atom stereocenters. The third-order valence-electron chi connectivity index (χ3n) is 5.02. The zero-order valence-electron chi connectivity index (χ0n) is 15.4. The fourth-order valence-electron chi connectivity index (χ4n) is 3.30. The van der Waals surface area contributed by atoms with Crippen LogP contribution >= 0.6 is 0 Å². The van der Waals surface area contributed by atoms with E-state index in [1.807, 2.05) is 47.4 Å². The van der Waals surface area contributed by atoms with Crippen molar-refractivity contribution in [3.05, 3.63) is 65.7 Å². The lowest BCUT2D eigenvalue weighted by Gasteiger charge is -2.31. The molecule has 2 amide bonds. The fraction of sp³-hybridized carbons (Fsp3) is 0.364. The lowest BCUT2D eigenvalue weighted by molar-refractivity contribution is -0.121. The number of rotatable bonds is 4. The molecule has 1 aliphatic rings. The first-order chi connectivity index (χ1) is 12.5. The van der Waals surface area contributed by atoms with E-state index in [2.05, 4.69) is 31.3 Å². The second-order valence-corrected chi connectivity index (χ2v) is 7.20. The minimum absolute atomic E-state index is 0.0420. The van der Waals surface area contributed by atoms with Gasteiger partial charge in [0.15, 0.2) is 0 Å². The average Bonchev–Trinajstić information content (AvgIpc) is 2.68. The van der Waals surface area contributed by atoms with Crippen molar-refractivity contribution < 1.29 is 9.59 Å². The van der Waals surface area contributed by atoms with Crippen LogP contribution in [0.4, 0.5) is 5.69 Å². The van der Waals surface area contributed by atoms with Gasteiger partial charge in [-0.3, -0.25) is 9.59 Å². The minimum atomic E-state index is -0.0420. The largest absolute Gasteiger partial charge is 0.339 e. The van der Waals surface area contributed by atoms with Crippen LogP contribution in [0.2, 0.25) is 0 Å². The van der Waals surface area contributed by atoms with Crippen LogP contribution in [0.25, 0.3) is 0 Å². The monoisotopic (exact) mass is 350 g/mol. The summed E-state index contributed by atoms with van der Waals surface area (Å²) in [5.74, 6) is 0.536. The second-order valence-electron chi connectivity index (χ2n) is 7.20. The summed E-state index contributed by atoms with van der Waals surface area (Å²) < 4.78 is 0. The molecule has 0 aliphatic carbocycles. The number of benzene rings is 2. The summed E-state index contributed by atoms with van der Waals surface area (Å²) in [5, 5.41) is 3.01. The van der Waals surface area contributed by atoms with Crippen LogP contribution in [0.3, 0.4) is 0 Å². The Morgan fingerprint density at radius 1 is 0.962 bits per heavy atom. The molecule has 2 aromatic carbocycles. The standard InChI is InChI=1S/C22H26N2O2/c1-16(2)17-8-10-20(11-9-17)23-21(25)18-12-14-24(15-13-18)22(26)19-6-4-3-5-7-19/h3-11,16,18H,12-15H2,1-2H3,(H,23,25). The Kier molecular flexibility index (Phi) is 5.71. The van der Waals surface area contributed by atoms with E-state index in [1.54, 1.807) is 0 Å². The molecule has 0 aromatic heterocycles. The van der Waals surface area contributed by atoms with Gasteiger partial charge in [-0.05, 0) is 48.6 Å². The molecule has 1 N–H and O–H groups in total. The topological polar surface area (TPSA) is 49.4 Å². The lowest BCUT2D eigenvalue weighted by atomic mass is 9.95. The molecule has 0 bridgehead atoms. The molecule has 1 fully saturated rings. The molecule has 136 valence electrons. The van der Waals surface area contributed by atoms with Gasteiger partial charge in [-0.25, -0.2) is 0 Å². The molecule has 26 heavy (non-hydrogen) atoms. The first-order valence-electron chi connectivity index (χ1n) is 9.29. The van der Waals surface area contributed by atoms with Gasteiger partial charge in [0.25, 0.3) is 5.91 Å². The highest BCUT2D eigenvalue weighted by Crippen LogP contribution is 2.22. The summed E-state index contributed by atoms with van der Waals surface area (Å²) in [6.45, 7) is 5.55. The van der Waals surface area contributed by atoms with E-state index in [1.165, 1.54) is 5.56 Å². The van der Waals surface area contributed by atoms with Gasteiger partial charge in [0.1, 0.15) is 0 Å². The van der Waals surface area contributed by atoms with Crippen molar-refractivity contribution >= 4 is 17.5 Å². The second kappa shape index (κ2) is 8.17. The highest BCUT2D eigenvalue weighted by Gasteiger charge is 2.27. The molecule has 1 saturated heterocycles. The van der Waals surface area contributed by atoms with Crippen LogP contribution in [-0.4, -0.2) is 29.8 Å². The molecule has 1 aliphatic heterocycles. The van der Waals surface area contributed by atoms with Gasteiger partial charge in [0.2, 0.25) is 5.91 Å². The van der Waals surface area contributed by atoms with Crippen LogP contribution in [0, 0.1) is 5.92 Å². The number of likely N-dealkylation sites (tertiary alicyclic amines) is 1. The van der Waals surface area contributed by atoms with E-state index in [0.717, 1.165) is 5.69 Å². The summed E-state index contributed by atoms with van der Waals surface area (Å²) in [5.41, 5.74) is 2.80. The van der Waals surface area contributed by atoms with Gasteiger partial charge in [-0.1, -0.05) is 44.2 Å². The van der Waals surface area contributed by atoms with Crippen molar-refractivity contribution in [2.24, 2.45) is 5.92 Å². The smallest absolute Gasteiger partial charge is 0.253 e. The van der Waals surface area contributed by atoms with Gasteiger partial charge in [-0.2, -0.15) is 0 Å². The summed E-state index contributed by atoms with van der Waals surface area (Å²) in [4.78, 5) is 26.8. The van der Waals surface area contributed by atoms with E-state index >= 15 is 0 Å². The molecule has 0 spiro atoms. The SMILES string of the molecule is CC(C)c1ccc(NC(=O)C2CCN(C(=O)c3ccccc3)CC2)cc1. The molecule has 0 saturated carbocycles. The maximum atomic E-state index is 12.5. The Balaban J connectivity index is 1.52. The molecule has 1 heterocycles. The number of hydrogen-bond acceptors (Lipinski definition) is 2. The zero-order chi connectivity index (χ0) is 18.5. The molecule has 4 nitrogen and oxygen atoms in total. The molecule has 0 radical (unpaired) electrons. The van der Waals surface area contributed by atoms with Crippen LogP contribution in [-0.2, 0) is 4.79 Å². The molecular formula is C22H26N2O2. The zero-order valence-corrected chi connectivity index (χ0v) is 15.4. The fourth-order valence-corrected chi connectivity index (χ4v) is 3.30. The number of nitrogens with one attached hydrogen (secondary N) is 1. The summed E-state index contributed by atoms with van der Waals surface area (Å²) in [6, 6.07) is 17.4. The normalized spacial score (nSPS) is 15.1. The third kappa shape index (κ3) is 4.31. The summed E-state index contributed by atoms with van der Waals surface area (Å²) >= 11 is 0. The number of amides is 2. The molecule has 3 rings (SSSR count). The van der Waals surface area contributed by atoms with Gasteiger partial charge < -0.3 is 10.2 Å². The average molecular weight is 350 g/mol. The third-order valence-corrected chi connectivity index (χ3v) is 5.02. The number of anilines is 1. The Morgan fingerprint density at radius 2 is 1.58 bits per heavy atom. The number of hydrogen-bond donors (Lipinski definition) is 1. The number of carbonyl (C=O) groups is 2. The Morgan fingerprint density at radius 3 is 2.15 bits per heavy atom. The molecule has 4 heteroatoms. The number of nitrogens with zero attached hydrogens (tertiary/aromatic N) is 1. The van der Waals surface area contributed by atoms with Crippen molar-refractivity contribution in [1.29, 1.82) is 0 Å². The van der Waals surface area contributed by atoms with E-state index in [9.17, 15) is 9.59 Å². The van der Waals surface area contributed by atoms with Gasteiger partial charge in [-0.15, -0.1) is 0 Å². The maximum Gasteiger partial charge on any atom is 0.253 e. The van der Waals surface area contributed by atoms with Crippen LogP contribution < -0.4 is 5.32 Å². The van der Waals surface area contributed by atoms with E-state index in [4.69, 9.17) is 0 Å². The Labute approximate surface area is 155 Å². The van der Waals surface area contributed by atoms with E-state index in [-0.39, 0.29) is 17.7 Å². The van der Waals surface area contributed by atoms with Crippen LogP contribution in [0.1, 0.15) is 48.5 Å². The van der Waals surface area contributed by atoms with E-state index < -0.39 is 0 Å². The van der Waals surface area contributed by atoms with Crippen molar-refractivity contribution in [3.63, 3.8) is 0 Å². The van der Waals surface area contributed by atoms with E-state index in [0.29, 0.717) is 37.4 Å². The van der Waals surface area contributed by atoms with Crippen molar-refractivity contribution in [2.45, 2.75) is 32.6 Å². The first-order valence-corrected chi connectivity index (χ1v) is 9.29. The Bertz CT molecular complexity index is 745. The molecular weight excluding hydrogens is 324 g/mol. The lowest BCUT2D eigenvalue weighted by Crippen LogP contribution is -2.41. The van der Waals surface area contributed by atoms with Crippen molar-refractivity contribution in [3.8, 4) is 0 Å². The summed E-state index contributed by atoms with van der Waals surface area (Å²) in [7, 11) is 0. The number of carbonyl (C=O) groups excluding carboxylic acids is 2. The molecule has 0 atom stereocenters. The molecule has 2 aromatic rings. The number of piperidine rings is 1. The Hall–Kier alpha value is -2.62. The maximum absolute atomic E-state index is 12.5. The summed E-state index contributed by atoms with van der Waals surface area (Å²) in [6.07, 6.45) is 1.41. The van der Waals surface area contributed by atoms with Gasteiger partial charge in [0.05, 0.1) is 0 Å². The van der Waals surface area contributed by atoms with Gasteiger partial charge in [0, 0.05) is 30.3 Å². The van der Waals surface area contributed by atoms with Crippen molar-refractivity contribution in [2.75, 3.05) is 18.4 Å². The highest BCUT2D eigenvalue weighted by molar-refractivity contribution is 5.95. The van der Waals surface area contributed by atoms with Crippen LogP contribution in [0.5, 0.6) is 0 Å². The first kappa shape index (κ1) is 18.2. The van der Waals surface area contributed by atoms with Gasteiger partial charge >= 0.3 is 0 Å². The minimum Gasteiger partial charge on any atom is -0.339 e.